The third-order valence-corrected chi connectivity index (χ3v) is 7.24. The number of rotatable bonds is 4. The molecular weight excluding hydrogens is 406 g/mol. The molecule has 0 spiro atoms. The summed E-state index contributed by atoms with van der Waals surface area (Å²) in [4.78, 5) is 17.4. The summed E-state index contributed by atoms with van der Waals surface area (Å²) in [7, 11) is -3.72. The van der Waals surface area contributed by atoms with Crippen LogP contribution < -0.4 is 10.0 Å². The molecule has 0 fully saturated rings. The summed E-state index contributed by atoms with van der Waals surface area (Å²) >= 11 is 1.47. The highest BCUT2D eigenvalue weighted by atomic mass is 32.2. The average Bonchev–Trinajstić information content (AvgIpc) is 3.27. The van der Waals surface area contributed by atoms with Crippen molar-refractivity contribution >= 4 is 48.9 Å². The van der Waals surface area contributed by atoms with E-state index in [4.69, 9.17) is 0 Å². The molecule has 1 unspecified atom stereocenters. The molecule has 1 aromatic heterocycles. The van der Waals surface area contributed by atoms with E-state index >= 15 is 0 Å². The zero-order chi connectivity index (χ0) is 20.0. The van der Waals surface area contributed by atoms with Gasteiger partial charge in [-0.3, -0.25) is 9.52 Å². The molecule has 144 valence electrons. The van der Waals surface area contributed by atoms with Gasteiger partial charge in [0, 0.05) is 11.4 Å². The standard InChI is InChI=1S/C21H15N3O3S2/c25-20-19(21-23-17-8-4-5-9-18(17)28-21)15-12-13(10-11-16(15)22-20)24-29(26,27)14-6-2-1-3-7-14/h1-12,19,24H,(H,22,25). The van der Waals surface area contributed by atoms with Crippen LogP contribution in [0.2, 0.25) is 0 Å². The monoisotopic (exact) mass is 421 g/mol. The molecular formula is C21H15N3O3S2. The van der Waals surface area contributed by atoms with Crippen molar-refractivity contribution in [1.29, 1.82) is 0 Å². The first-order valence-electron chi connectivity index (χ1n) is 8.89. The first-order valence-corrected chi connectivity index (χ1v) is 11.2. The number of benzene rings is 3. The first-order chi connectivity index (χ1) is 14.0. The van der Waals surface area contributed by atoms with E-state index in [0.29, 0.717) is 21.9 Å². The lowest BCUT2D eigenvalue weighted by molar-refractivity contribution is -0.116. The van der Waals surface area contributed by atoms with Crippen LogP contribution in [0.25, 0.3) is 10.2 Å². The number of anilines is 2. The molecule has 29 heavy (non-hydrogen) atoms. The highest BCUT2D eigenvalue weighted by Gasteiger charge is 2.34. The maximum absolute atomic E-state index is 12.6. The molecule has 8 heteroatoms. The molecule has 6 nitrogen and oxygen atoms in total. The SMILES string of the molecule is O=C1Nc2ccc(NS(=O)(=O)c3ccccc3)cc2C1c1nc2ccccc2s1. The van der Waals surface area contributed by atoms with Crippen molar-refractivity contribution in [3.05, 3.63) is 83.4 Å². The van der Waals surface area contributed by atoms with E-state index in [1.54, 1.807) is 36.4 Å². The molecule has 1 atom stereocenters. The summed E-state index contributed by atoms with van der Waals surface area (Å²) in [6.07, 6.45) is 0. The lowest BCUT2D eigenvalue weighted by atomic mass is 10.0. The molecule has 0 aliphatic carbocycles. The Morgan fingerprint density at radius 3 is 2.52 bits per heavy atom. The fourth-order valence-corrected chi connectivity index (χ4v) is 5.55. The van der Waals surface area contributed by atoms with Crippen LogP contribution in [0.15, 0.2) is 77.7 Å². The first kappa shape index (κ1) is 17.8. The zero-order valence-corrected chi connectivity index (χ0v) is 16.6. The van der Waals surface area contributed by atoms with Crippen LogP contribution >= 0.6 is 11.3 Å². The lowest BCUT2D eigenvalue weighted by Crippen LogP contribution is -2.13. The number of sulfonamides is 1. The van der Waals surface area contributed by atoms with Gasteiger partial charge in [0.2, 0.25) is 5.91 Å². The molecule has 1 aliphatic rings. The largest absolute Gasteiger partial charge is 0.325 e. The Morgan fingerprint density at radius 1 is 0.966 bits per heavy atom. The van der Waals surface area contributed by atoms with Crippen LogP contribution in [-0.2, 0) is 14.8 Å². The number of hydrogen-bond donors (Lipinski definition) is 2. The maximum Gasteiger partial charge on any atom is 0.261 e. The molecule has 4 aromatic rings. The summed E-state index contributed by atoms with van der Waals surface area (Å²) in [6.45, 7) is 0. The molecule has 0 saturated heterocycles. The van der Waals surface area contributed by atoms with Crippen LogP contribution in [0.4, 0.5) is 11.4 Å². The van der Waals surface area contributed by atoms with Gasteiger partial charge in [0.05, 0.1) is 15.1 Å². The Bertz CT molecular complexity index is 1320. The summed E-state index contributed by atoms with van der Waals surface area (Å²) in [5, 5.41) is 3.55. The number of nitrogens with zero attached hydrogens (tertiary/aromatic N) is 1. The second-order valence-electron chi connectivity index (χ2n) is 6.66. The van der Waals surface area contributed by atoms with Crippen molar-refractivity contribution < 1.29 is 13.2 Å². The number of nitrogens with one attached hydrogen (secondary N) is 2. The summed E-state index contributed by atoms with van der Waals surface area (Å²) in [6, 6.07) is 20.9. The van der Waals surface area contributed by atoms with Crippen molar-refractivity contribution in [3.8, 4) is 0 Å². The molecule has 3 aromatic carbocycles. The minimum Gasteiger partial charge on any atom is -0.325 e. The van der Waals surface area contributed by atoms with Gasteiger partial charge in [-0.15, -0.1) is 11.3 Å². The smallest absolute Gasteiger partial charge is 0.261 e. The molecule has 1 aliphatic heterocycles. The average molecular weight is 422 g/mol. The van der Waals surface area contributed by atoms with Gasteiger partial charge >= 0.3 is 0 Å². The Morgan fingerprint density at radius 2 is 1.72 bits per heavy atom. The minimum absolute atomic E-state index is 0.165. The predicted octanol–water partition coefficient (Wildman–Crippen LogP) is 4.18. The van der Waals surface area contributed by atoms with E-state index in [1.807, 2.05) is 24.3 Å². The number of hydrogen-bond acceptors (Lipinski definition) is 5. The fourth-order valence-electron chi connectivity index (χ4n) is 3.40. The van der Waals surface area contributed by atoms with Gasteiger partial charge < -0.3 is 5.32 Å². The van der Waals surface area contributed by atoms with Gasteiger partial charge in [0.25, 0.3) is 10.0 Å². The minimum atomic E-state index is -3.72. The van der Waals surface area contributed by atoms with Crippen LogP contribution in [0.5, 0.6) is 0 Å². The Kier molecular flexibility index (Phi) is 4.11. The van der Waals surface area contributed by atoms with Crippen LogP contribution in [-0.4, -0.2) is 19.3 Å². The third-order valence-electron chi connectivity index (χ3n) is 4.75. The zero-order valence-electron chi connectivity index (χ0n) is 15.0. The molecule has 0 bridgehead atoms. The molecule has 1 amide bonds. The third kappa shape index (κ3) is 3.16. The number of carbonyl (C=O) groups is 1. The van der Waals surface area contributed by atoms with Crippen LogP contribution in [0, 0.1) is 0 Å². The Hall–Kier alpha value is -3.23. The number of para-hydroxylation sites is 1. The van der Waals surface area contributed by atoms with Gasteiger partial charge in [0.1, 0.15) is 10.9 Å². The Labute approximate surface area is 171 Å². The van der Waals surface area contributed by atoms with E-state index in [2.05, 4.69) is 15.0 Å². The molecule has 0 saturated carbocycles. The second-order valence-corrected chi connectivity index (χ2v) is 9.41. The van der Waals surface area contributed by atoms with Gasteiger partial charge in [0.15, 0.2) is 0 Å². The van der Waals surface area contributed by atoms with Crippen LogP contribution in [0.3, 0.4) is 0 Å². The van der Waals surface area contributed by atoms with Crippen molar-refractivity contribution in [3.63, 3.8) is 0 Å². The van der Waals surface area contributed by atoms with Gasteiger partial charge in [-0.2, -0.15) is 0 Å². The molecule has 2 heterocycles. The molecule has 2 N–H and O–H groups in total. The van der Waals surface area contributed by atoms with E-state index < -0.39 is 15.9 Å². The van der Waals surface area contributed by atoms with Crippen molar-refractivity contribution in [2.75, 3.05) is 10.0 Å². The quantitative estimate of drug-likeness (QED) is 0.517. The van der Waals surface area contributed by atoms with E-state index in [-0.39, 0.29) is 10.8 Å². The summed E-state index contributed by atoms with van der Waals surface area (Å²) in [5.41, 5.74) is 2.62. The van der Waals surface area contributed by atoms with Gasteiger partial charge in [-0.25, -0.2) is 13.4 Å². The topological polar surface area (TPSA) is 88.2 Å². The maximum atomic E-state index is 12.6. The number of aromatic nitrogens is 1. The fraction of sp³-hybridized carbons (Fsp3) is 0.0476. The van der Waals surface area contributed by atoms with Crippen molar-refractivity contribution in [2.24, 2.45) is 0 Å². The predicted molar refractivity (Wildman–Crippen MR) is 114 cm³/mol. The van der Waals surface area contributed by atoms with E-state index in [1.165, 1.54) is 23.5 Å². The number of amides is 1. The van der Waals surface area contributed by atoms with E-state index in [9.17, 15) is 13.2 Å². The normalized spacial score (nSPS) is 15.9. The summed E-state index contributed by atoms with van der Waals surface area (Å²) < 4.78 is 28.9. The van der Waals surface area contributed by atoms with Gasteiger partial charge in [-0.05, 0) is 48.0 Å². The number of carbonyl (C=O) groups excluding carboxylic acids is 1. The van der Waals surface area contributed by atoms with E-state index in [0.717, 1.165) is 10.2 Å². The molecule has 0 radical (unpaired) electrons. The highest BCUT2D eigenvalue weighted by molar-refractivity contribution is 7.92. The number of fused-ring (bicyclic) bond motifs is 2. The summed E-state index contributed by atoms with van der Waals surface area (Å²) in [5.74, 6) is -0.731. The lowest BCUT2D eigenvalue weighted by Gasteiger charge is -2.11. The second kappa shape index (κ2) is 6.68. The van der Waals surface area contributed by atoms with Gasteiger partial charge in [-0.1, -0.05) is 30.3 Å². The van der Waals surface area contributed by atoms with Crippen molar-refractivity contribution in [1.82, 2.24) is 4.98 Å². The Balaban J connectivity index is 1.53. The molecule has 5 rings (SSSR count). The number of thiazole rings is 1. The van der Waals surface area contributed by atoms with Crippen LogP contribution in [0.1, 0.15) is 16.5 Å². The highest BCUT2D eigenvalue weighted by Crippen LogP contribution is 2.41. The van der Waals surface area contributed by atoms with Crippen molar-refractivity contribution in [2.45, 2.75) is 10.8 Å².